The summed E-state index contributed by atoms with van der Waals surface area (Å²) in [5, 5.41) is 5.12. The molecule has 1 atom stereocenters. The number of sulfonamides is 1. The van der Waals surface area contributed by atoms with Gasteiger partial charge in [0.2, 0.25) is 15.9 Å². The number of carbonyl (C=O) groups excluding carboxylic acids is 2. The zero-order chi connectivity index (χ0) is 23.8. The molecule has 0 bridgehead atoms. The van der Waals surface area contributed by atoms with Crippen molar-refractivity contribution < 1.29 is 27.5 Å². The Hall–Kier alpha value is -3.15. The van der Waals surface area contributed by atoms with E-state index in [4.69, 9.17) is 15.2 Å². The third-order valence-electron chi connectivity index (χ3n) is 5.01. The van der Waals surface area contributed by atoms with Crippen LogP contribution in [-0.4, -0.2) is 63.6 Å². The Kier molecular flexibility index (Phi) is 8.26. The molecular formula is C22H28N4O6S. The topological polar surface area (TPSA) is 140 Å². The molecule has 0 saturated carbocycles. The first kappa shape index (κ1) is 24.5. The molecule has 3 amide bonds. The van der Waals surface area contributed by atoms with E-state index < -0.39 is 28.0 Å². The molecule has 11 heteroatoms. The Morgan fingerprint density at radius 1 is 1.15 bits per heavy atom. The van der Waals surface area contributed by atoms with Crippen molar-refractivity contribution >= 4 is 27.6 Å². The van der Waals surface area contributed by atoms with E-state index in [1.54, 1.807) is 13.0 Å². The number of nitrogens with two attached hydrogens (primary N) is 1. The monoisotopic (exact) mass is 476 g/mol. The molecular weight excluding hydrogens is 448 g/mol. The summed E-state index contributed by atoms with van der Waals surface area (Å²) in [7, 11) is -3.87. The van der Waals surface area contributed by atoms with Gasteiger partial charge in [-0.1, -0.05) is 30.3 Å². The van der Waals surface area contributed by atoms with Crippen LogP contribution in [0.3, 0.4) is 0 Å². The van der Waals surface area contributed by atoms with Crippen LogP contribution < -0.4 is 21.1 Å². The first-order valence-electron chi connectivity index (χ1n) is 10.6. The lowest BCUT2D eigenvalue weighted by Crippen LogP contribution is -2.47. The van der Waals surface area contributed by atoms with E-state index in [2.05, 4.69) is 10.6 Å². The minimum Gasteiger partial charge on any atom is -0.492 e. The summed E-state index contributed by atoms with van der Waals surface area (Å²) < 4.78 is 38.6. The predicted octanol–water partition coefficient (Wildman–Crippen LogP) is 1.32. The summed E-state index contributed by atoms with van der Waals surface area (Å²) in [6.07, 6.45) is 0.214. The van der Waals surface area contributed by atoms with Gasteiger partial charge in [-0.3, -0.25) is 4.79 Å². The largest absolute Gasteiger partial charge is 0.492 e. The smallest absolute Gasteiger partial charge is 0.312 e. The number of anilines is 1. The molecule has 4 N–H and O–H groups in total. The van der Waals surface area contributed by atoms with Crippen LogP contribution in [-0.2, 0) is 26.0 Å². The lowest BCUT2D eigenvalue weighted by Gasteiger charge is -2.27. The lowest BCUT2D eigenvalue weighted by atomic mass is 10.1. The van der Waals surface area contributed by atoms with Crippen LogP contribution in [0.1, 0.15) is 12.5 Å². The van der Waals surface area contributed by atoms with E-state index >= 15 is 0 Å². The maximum Gasteiger partial charge on any atom is 0.312 e. The number of primary amides is 1. The van der Waals surface area contributed by atoms with Gasteiger partial charge in [-0.25, -0.2) is 13.2 Å². The van der Waals surface area contributed by atoms with Crippen molar-refractivity contribution in [2.45, 2.75) is 24.3 Å². The van der Waals surface area contributed by atoms with E-state index in [9.17, 15) is 18.0 Å². The molecule has 33 heavy (non-hydrogen) atoms. The fourth-order valence-corrected chi connectivity index (χ4v) is 5.01. The number of hydrogen-bond donors (Lipinski definition) is 3. The molecule has 3 rings (SSSR count). The van der Waals surface area contributed by atoms with E-state index in [0.29, 0.717) is 13.2 Å². The zero-order valence-corrected chi connectivity index (χ0v) is 19.1. The number of urea groups is 1. The maximum absolute atomic E-state index is 13.2. The van der Waals surface area contributed by atoms with Crippen molar-refractivity contribution in [3.8, 4) is 5.75 Å². The molecule has 1 aliphatic heterocycles. The number of carbonyl (C=O) groups is 2. The van der Waals surface area contributed by atoms with E-state index in [0.717, 1.165) is 5.56 Å². The highest BCUT2D eigenvalue weighted by Crippen LogP contribution is 2.30. The second-order valence-electron chi connectivity index (χ2n) is 7.35. The zero-order valence-electron chi connectivity index (χ0n) is 18.3. The number of nitrogens with zero attached hydrogens (tertiary/aromatic N) is 1. The number of hydrogen-bond acceptors (Lipinski definition) is 6. The predicted molar refractivity (Wildman–Crippen MR) is 122 cm³/mol. The number of ether oxygens (including phenoxy) is 2. The second kappa shape index (κ2) is 11.1. The fourth-order valence-electron chi connectivity index (χ4n) is 3.45. The van der Waals surface area contributed by atoms with E-state index in [1.807, 2.05) is 30.3 Å². The summed E-state index contributed by atoms with van der Waals surface area (Å²) in [5.74, 6) is -0.338. The number of morpholine rings is 1. The summed E-state index contributed by atoms with van der Waals surface area (Å²) in [4.78, 5) is 24.3. The number of nitrogens with one attached hydrogen (secondary N) is 2. The maximum atomic E-state index is 13.2. The molecule has 0 spiro atoms. The van der Waals surface area contributed by atoms with Gasteiger partial charge in [-0.15, -0.1) is 0 Å². The molecule has 1 fully saturated rings. The minimum atomic E-state index is -3.87. The molecule has 1 unspecified atom stereocenters. The first-order chi connectivity index (χ1) is 15.8. The average Bonchev–Trinajstić information content (AvgIpc) is 2.80. The van der Waals surface area contributed by atoms with E-state index in [-0.39, 0.29) is 42.4 Å². The molecule has 2 aromatic rings. The molecule has 0 radical (unpaired) electrons. The third kappa shape index (κ3) is 6.44. The molecule has 178 valence electrons. The highest BCUT2D eigenvalue weighted by molar-refractivity contribution is 7.89. The van der Waals surface area contributed by atoms with Gasteiger partial charge < -0.3 is 25.8 Å². The second-order valence-corrected chi connectivity index (χ2v) is 9.26. The standard InChI is InChI=1S/C22H28N4O6S/c1-2-32-19-9-8-17(15-20(19)33(29,30)26-10-12-31-13-11-26)24-21(27)18(25-22(23)28)14-16-6-4-3-5-7-16/h3-9,15,18H,2,10-14H2,1H3,(H,24,27)(H3,23,25,28). The van der Waals surface area contributed by atoms with Crippen molar-refractivity contribution in [3.63, 3.8) is 0 Å². The van der Waals surface area contributed by atoms with Gasteiger partial charge in [-0.2, -0.15) is 4.31 Å². The van der Waals surface area contributed by atoms with Crippen LogP contribution >= 0.6 is 0 Å². The number of rotatable bonds is 9. The first-order valence-corrected chi connectivity index (χ1v) is 12.0. The SMILES string of the molecule is CCOc1ccc(NC(=O)C(Cc2ccccc2)NC(N)=O)cc1S(=O)(=O)N1CCOCC1. The third-order valence-corrected chi connectivity index (χ3v) is 6.93. The number of amides is 3. The Labute approximate surface area is 193 Å². The summed E-state index contributed by atoms with van der Waals surface area (Å²) >= 11 is 0. The molecule has 1 saturated heterocycles. The average molecular weight is 477 g/mol. The van der Waals surface area contributed by atoms with Crippen LogP contribution in [0, 0.1) is 0 Å². The van der Waals surface area contributed by atoms with Crippen LogP contribution in [0.4, 0.5) is 10.5 Å². The van der Waals surface area contributed by atoms with Crippen LogP contribution in [0.15, 0.2) is 53.4 Å². The Balaban J connectivity index is 1.86. The summed E-state index contributed by atoms with van der Waals surface area (Å²) in [6.45, 7) is 3.10. The molecule has 10 nitrogen and oxygen atoms in total. The molecule has 1 aliphatic rings. The highest BCUT2D eigenvalue weighted by Gasteiger charge is 2.30. The van der Waals surface area contributed by atoms with Crippen molar-refractivity contribution in [2.24, 2.45) is 5.73 Å². The Morgan fingerprint density at radius 3 is 2.48 bits per heavy atom. The van der Waals surface area contributed by atoms with Gasteiger partial charge in [0, 0.05) is 25.2 Å². The fraction of sp³-hybridized carbons (Fsp3) is 0.364. The minimum absolute atomic E-state index is 0.0495. The van der Waals surface area contributed by atoms with Crippen LogP contribution in [0.5, 0.6) is 5.75 Å². The van der Waals surface area contributed by atoms with Gasteiger partial charge in [0.25, 0.3) is 0 Å². The molecule has 1 heterocycles. The Morgan fingerprint density at radius 2 is 1.85 bits per heavy atom. The highest BCUT2D eigenvalue weighted by atomic mass is 32.2. The van der Waals surface area contributed by atoms with Crippen molar-refractivity contribution in [2.75, 3.05) is 38.2 Å². The molecule has 0 aliphatic carbocycles. The van der Waals surface area contributed by atoms with Crippen molar-refractivity contribution in [3.05, 3.63) is 54.1 Å². The van der Waals surface area contributed by atoms with Gasteiger partial charge in [0.05, 0.1) is 19.8 Å². The molecule has 2 aromatic carbocycles. The summed E-state index contributed by atoms with van der Waals surface area (Å²) in [6, 6.07) is 11.8. The van der Waals surface area contributed by atoms with Gasteiger partial charge in [-0.05, 0) is 30.7 Å². The van der Waals surface area contributed by atoms with Crippen molar-refractivity contribution in [1.82, 2.24) is 9.62 Å². The normalized spacial score (nSPS) is 15.4. The van der Waals surface area contributed by atoms with Crippen LogP contribution in [0.2, 0.25) is 0 Å². The van der Waals surface area contributed by atoms with Gasteiger partial charge in [0.1, 0.15) is 16.7 Å². The lowest BCUT2D eigenvalue weighted by molar-refractivity contribution is -0.117. The van der Waals surface area contributed by atoms with Gasteiger partial charge >= 0.3 is 6.03 Å². The van der Waals surface area contributed by atoms with E-state index in [1.165, 1.54) is 16.4 Å². The quantitative estimate of drug-likeness (QED) is 0.499. The summed E-state index contributed by atoms with van der Waals surface area (Å²) in [5.41, 5.74) is 6.33. The Bertz CT molecular complexity index is 1070. The van der Waals surface area contributed by atoms with Crippen LogP contribution in [0.25, 0.3) is 0 Å². The molecule has 0 aromatic heterocycles. The van der Waals surface area contributed by atoms with Crippen molar-refractivity contribution in [1.29, 1.82) is 0 Å². The van der Waals surface area contributed by atoms with Gasteiger partial charge in [0.15, 0.2) is 0 Å². The number of benzene rings is 2.